The van der Waals surface area contributed by atoms with E-state index in [1.165, 1.54) is 44.3 Å². The van der Waals surface area contributed by atoms with Crippen LogP contribution in [0.15, 0.2) is 17.8 Å². The minimum Gasteiger partial charge on any atom is -0.294 e. The van der Waals surface area contributed by atoms with Gasteiger partial charge in [0.1, 0.15) is 5.01 Å². The molecule has 2 aromatic rings. The molecule has 0 N–H and O–H groups in total. The van der Waals surface area contributed by atoms with Crippen LogP contribution in [0.5, 0.6) is 0 Å². The molecule has 4 rings (SSSR count). The third-order valence-corrected chi connectivity index (χ3v) is 6.66. The molecule has 1 saturated carbocycles. The lowest BCUT2D eigenvalue weighted by Crippen LogP contribution is -2.49. The molecular formula is C18H26N4S. The molecule has 0 bridgehead atoms. The van der Waals surface area contributed by atoms with Gasteiger partial charge in [-0.2, -0.15) is 5.10 Å². The number of hydrogen-bond donors (Lipinski definition) is 0. The molecule has 1 aliphatic carbocycles. The topological polar surface area (TPSA) is 34.0 Å². The first-order valence-electron chi connectivity index (χ1n) is 8.88. The fourth-order valence-corrected chi connectivity index (χ4v) is 5.24. The van der Waals surface area contributed by atoms with Gasteiger partial charge in [0.25, 0.3) is 0 Å². The first-order chi connectivity index (χ1) is 11.2. The largest absolute Gasteiger partial charge is 0.294 e. The average molecular weight is 331 g/mol. The Hall–Kier alpha value is -1.20. The predicted octanol–water partition coefficient (Wildman–Crippen LogP) is 3.94. The highest BCUT2D eigenvalue weighted by atomic mass is 32.1. The Morgan fingerprint density at radius 3 is 2.96 bits per heavy atom. The van der Waals surface area contributed by atoms with Crippen LogP contribution < -0.4 is 0 Å². The maximum Gasteiger partial charge on any atom is 0.126 e. The molecule has 4 nitrogen and oxygen atoms in total. The molecule has 1 aliphatic heterocycles. The molecule has 2 aliphatic rings. The zero-order chi connectivity index (χ0) is 15.8. The van der Waals surface area contributed by atoms with Crippen molar-refractivity contribution in [3.05, 3.63) is 23.5 Å². The van der Waals surface area contributed by atoms with Gasteiger partial charge in [0, 0.05) is 36.8 Å². The molecule has 5 heteroatoms. The van der Waals surface area contributed by atoms with Crippen molar-refractivity contribution in [3.63, 3.8) is 0 Å². The van der Waals surface area contributed by atoms with Crippen LogP contribution in [-0.4, -0.2) is 32.3 Å². The number of piperidine rings is 1. The fourth-order valence-electron chi connectivity index (χ4n) is 4.45. The second kappa shape index (κ2) is 6.36. The van der Waals surface area contributed by atoms with Crippen molar-refractivity contribution in [1.29, 1.82) is 0 Å². The van der Waals surface area contributed by atoms with Gasteiger partial charge >= 0.3 is 0 Å². The van der Waals surface area contributed by atoms with Crippen LogP contribution in [0.4, 0.5) is 0 Å². The lowest BCUT2D eigenvalue weighted by Gasteiger charge is -2.47. The van der Waals surface area contributed by atoms with E-state index in [0.717, 1.165) is 35.0 Å². The molecule has 23 heavy (non-hydrogen) atoms. The van der Waals surface area contributed by atoms with Crippen LogP contribution in [0.2, 0.25) is 0 Å². The Kier molecular flexibility index (Phi) is 4.24. The number of fused-ring (bicyclic) bond motifs is 1. The van der Waals surface area contributed by atoms with Gasteiger partial charge in [-0.05, 0) is 37.6 Å². The van der Waals surface area contributed by atoms with Crippen molar-refractivity contribution in [2.24, 2.45) is 18.9 Å². The van der Waals surface area contributed by atoms with Crippen molar-refractivity contribution in [1.82, 2.24) is 19.7 Å². The van der Waals surface area contributed by atoms with Crippen molar-refractivity contribution >= 4 is 11.3 Å². The number of aryl methyl sites for hydroxylation is 1. The van der Waals surface area contributed by atoms with Crippen molar-refractivity contribution in [2.45, 2.75) is 51.6 Å². The van der Waals surface area contributed by atoms with Gasteiger partial charge in [0.05, 0.1) is 11.9 Å². The molecule has 3 heterocycles. The second-order valence-corrected chi connectivity index (χ2v) is 8.16. The lowest BCUT2D eigenvalue weighted by atomic mass is 9.72. The van der Waals surface area contributed by atoms with E-state index in [1.807, 2.05) is 24.1 Å². The van der Waals surface area contributed by atoms with E-state index in [-0.39, 0.29) is 0 Å². The molecule has 0 radical (unpaired) electrons. The summed E-state index contributed by atoms with van der Waals surface area (Å²) >= 11 is 1.74. The van der Waals surface area contributed by atoms with E-state index in [0.29, 0.717) is 0 Å². The molecule has 3 atom stereocenters. The molecule has 3 unspecified atom stereocenters. The van der Waals surface area contributed by atoms with E-state index in [4.69, 9.17) is 4.98 Å². The number of likely N-dealkylation sites (tertiary alicyclic amines) is 1. The second-order valence-electron chi connectivity index (χ2n) is 7.30. The van der Waals surface area contributed by atoms with E-state index in [2.05, 4.69) is 22.3 Å². The third kappa shape index (κ3) is 3.09. The van der Waals surface area contributed by atoms with Gasteiger partial charge in [-0.1, -0.05) is 19.8 Å². The fraction of sp³-hybridized carbons (Fsp3) is 0.667. The first-order valence-corrected chi connectivity index (χ1v) is 9.76. The first kappa shape index (κ1) is 15.3. The highest BCUT2D eigenvalue weighted by molar-refractivity contribution is 7.13. The average Bonchev–Trinajstić information content (AvgIpc) is 3.19. The minimum atomic E-state index is 0.788. The maximum absolute atomic E-state index is 4.87. The molecular weight excluding hydrogens is 304 g/mol. The smallest absolute Gasteiger partial charge is 0.126 e. The van der Waals surface area contributed by atoms with E-state index < -0.39 is 0 Å². The molecule has 2 fully saturated rings. The summed E-state index contributed by atoms with van der Waals surface area (Å²) in [5.74, 6) is 1.81. The zero-order valence-electron chi connectivity index (χ0n) is 14.1. The van der Waals surface area contributed by atoms with Crippen LogP contribution >= 0.6 is 11.3 Å². The van der Waals surface area contributed by atoms with Gasteiger partial charge in [-0.25, -0.2) is 4.98 Å². The number of aromatic nitrogens is 3. The van der Waals surface area contributed by atoms with Gasteiger partial charge < -0.3 is 0 Å². The number of thiazole rings is 1. The summed E-state index contributed by atoms with van der Waals surface area (Å²) in [6.45, 7) is 4.72. The molecule has 1 saturated heterocycles. The Labute approximate surface area is 142 Å². The van der Waals surface area contributed by atoms with E-state index >= 15 is 0 Å². The number of nitrogens with zero attached hydrogens (tertiary/aromatic N) is 4. The number of rotatable bonds is 3. The van der Waals surface area contributed by atoms with Crippen LogP contribution in [-0.2, 0) is 13.6 Å². The summed E-state index contributed by atoms with van der Waals surface area (Å²) in [6, 6.07) is 0.788. The highest BCUT2D eigenvalue weighted by Crippen LogP contribution is 2.39. The predicted molar refractivity (Wildman–Crippen MR) is 94.3 cm³/mol. The molecule has 2 aromatic heterocycles. The van der Waals surface area contributed by atoms with Crippen molar-refractivity contribution in [2.75, 3.05) is 6.54 Å². The summed E-state index contributed by atoms with van der Waals surface area (Å²) in [6.07, 6.45) is 10.9. The van der Waals surface area contributed by atoms with Gasteiger partial charge in [-0.3, -0.25) is 9.58 Å². The summed E-state index contributed by atoms with van der Waals surface area (Å²) in [4.78, 5) is 7.58. The van der Waals surface area contributed by atoms with Gasteiger partial charge in [0.15, 0.2) is 0 Å². The molecule has 0 amide bonds. The minimum absolute atomic E-state index is 0.788. The lowest BCUT2D eigenvalue weighted by molar-refractivity contribution is 0.0198. The Balaban J connectivity index is 1.48. The number of hydrogen-bond acceptors (Lipinski definition) is 4. The SMILES string of the molecule is CC1CCN(Cc2csc(-c3cnn(C)c3)n2)C2CCCCC12. The maximum atomic E-state index is 4.87. The van der Waals surface area contributed by atoms with Crippen molar-refractivity contribution in [3.8, 4) is 10.6 Å². The highest BCUT2D eigenvalue weighted by Gasteiger charge is 2.37. The van der Waals surface area contributed by atoms with E-state index in [1.54, 1.807) is 11.3 Å². The normalized spacial score (nSPS) is 28.7. The van der Waals surface area contributed by atoms with Crippen molar-refractivity contribution < 1.29 is 0 Å². The zero-order valence-corrected chi connectivity index (χ0v) is 14.9. The summed E-state index contributed by atoms with van der Waals surface area (Å²) in [5.41, 5.74) is 2.36. The quantitative estimate of drug-likeness (QED) is 0.854. The Bertz CT molecular complexity index is 662. The van der Waals surface area contributed by atoms with Gasteiger partial charge in [0.2, 0.25) is 0 Å². The van der Waals surface area contributed by atoms with Crippen LogP contribution in [0, 0.1) is 11.8 Å². The Morgan fingerprint density at radius 2 is 2.13 bits per heavy atom. The standard InChI is InChI=1S/C18H26N4S/c1-13-7-8-22(17-6-4-3-5-16(13)17)11-15-12-23-18(20-15)14-9-19-21(2)10-14/h9-10,12-13,16-17H,3-8,11H2,1-2H3. The Morgan fingerprint density at radius 1 is 1.26 bits per heavy atom. The van der Waals surface area contributed by atoms with Crippen LogP contribution in [0.25, 0.3) is 10.6 Å². The molecule has 0 aromatic carbocycles. The van der Waals surface area contributed by atoms with E-state index in [9.17, 15) is 0 Å². The summed E-state index contributed by atoms with van der Waals surface area (Å²) < 4.78 is 1.84. The van der Waals surface area contributed by atoms with Gasteiger partial charge in [-0.15, -0.1) is 11.3 Å². The van der Waals surface area contributed by atoms with Crippen LogP contribution in [0.3, 0.4) is 0 Å². The van der Waals surface area contributed by atoms with Crippen LogP contribution in [0.1, 0.15) is 44.7 Å². The third-order valence-electron chi connectivity index (χ3n) is 5.72. The molecule has 0 spiro atoms. The summed E-state index contributed by atoms with van der Waals surface area (Å²) in [7, 11) is 1.95. The monoisotopic (exact) mass is 330 g/mol. The molecule has 124 valence electrons. The summed E-state index contributed by atoms with van der Waals surface area (Å²) in [5, 5.41) is 7.58.